The Morgan fingerprint density at radius 2 is 1.54 bits per heavy atom. The van der Waals surface area contributed by atoms with Crippen LogP contribution in [0.25, 0.3) is 6.08 Å². The van der Waals surface area contributed by atoms with Crippen molar-refractivity contribution in [2.24, 2.45) is 23.7 Å². The summed E-state index contributed by atoms with van der Waals surface area (Å²) < 4.78 is 87.1. The standard InChI is InChI=1S/C32H24Cl2F6N2O6/c1-41-27(46)29(33)13-20-18(21(30(29,34)28(41)47)7-3-14-4-8-22(43)23(9-14)48-2)5-6-19-24(20)26(45)42(25(19)44)17-11-15(31(35,36)37)10-16(12-17)32(38,39)40/h3-5,7-12,19-21,24,43H,6,13H2,1-2H3/t19-,20+,21-,24-,29+,30-/m0/s1. The van der Waals surface area contributed by atoms with Gasteiger partial charge < -0.3 is 9.84 Å². The molecule has 2 aromatic rings. The summed E-state index contributed by atoms with van der Waals surface area (Å²) in [5.41, 5.74) is -3.50. The minimum atomic E-state index is -5.23. The summed E-state index contributed by atoms with van der Waals surface area (Å²) in [6, 6.07) is 4.83. The van der Waals surface area contributed by atoms with E-state index in [9.17, 15) is 50.6 Å². The highest BCUT2D eigenvalue weighted by Crippen LogP contribution is 2.63. The van der Waals surface area contributed by atoms with Gasteiger partial charge in [0.15, 0.2) is 21.2 Å². The third-order valence-corrected chi connectivity index (χ3v) is 11.0. The molecule has 2 saturated heterocycles. The second-order valence-electron chi connectivity index (χ2n) is 12.1. The lowest BCUT2D eigenvalue weighted by Crippen LogP contribution is -2.60. The number of hydrogen-bond acceptors (Lipinski definition) is 6. The molecule has 0 radical (unpaired) electrons. The number of allylic oxidation sites excluding steroid dienone is 3. The summed E-state index contributed by atoms with van der Waals surface area (Å²) in [5, 5.41) is 9.99. The van der Waals surface area contributed by atoms with Crippen molar-refractivity contribution in [3.8, 4) is 11.5 Å². The first-order chi connectivity index (χ1) is 22.3. The van der Waals surface area contributed by atoms with E-state index in [0.29, 0.717) is 28.2 Å². The van der Waals surface area contributed by atoms with Crippen LogP contribution in [0, 0.1) is 23.7 Å². The maximum absolute atomic E-state index is 14.0. The van der Waals surface area contributed by atoms with Gasteiger partial charge in [0.2, 0.25) is 11.8 Å². The van der Waals surface area contributed by atoms with Gasteiger partial charge in [0.05, 0.1) is 35.8 Å². The van der Waals surface area contributed by atoms with Gasteiger partial charge in [0.1, 0.15) is 0 Å². The molecule has 2 aliphatic carbocycles. The molecule has 6 rings (SSSR count). The van der Waals surface area contributed by atoms with Crippen LogP contribution in [0.5, 0.6) is 11.5 Å². The molecule has 3 fully saturated rings. The van der Waals surface area contributed by atoms with E-state index in [0.717, 1.165) is 4.90 Å². The third-order valence-electron chi connectivity index (χ3n) is 9.59. The molecule has 4 aliphatic rings. The molecule has 16 heteroatoms. The molecule has 254 valence electrons. The number of anilines is 1. The first-order valence-corrected chi connectivity index (χ1v) is 15.1. The monoisotopic (exact) mass is 716 g/mol. The van der Waals surface area contributed by atoms with Crippen LogP contribution in [0.1, 0.15) is 29.5 Å². The molecule has 8 nitrogen and oxygen atoms in total. The number of halogens is 8. The summed E-state index contributed by atoms with van der Waals surface area (Å²) in [6.45, 7) is 0. The van der Waals surface area contributed by atoms with E-state index in [1.165, 1.54) is 44.5 Å². The van der Waals surface area contributed by atoms with E-state index >= 15 is 0 Å². The predicted molar refractivity (Wildman–Crippen MR) is 159 cm³/mol. The highest BCUT2D eigenvalue weighted by Gasteiger charge is 2.75. The van der Waals surface area contributed by atoms with Gasteiger partial charge in [-0.2, -0.15) is 26.3 Å². The summed E-state index contributed by atoms with van der Waals surface area (Å²) >= 11 is 14.0. The molecule has 1 saturated carbocycles. The minimum absolute atomic E-state index is 0.112. The molecule has 6 atom stereocenters. The van der Waals surface area contributed by atoms with E-state index in [-0.39, 0.29) is 24.0 Å². The number of nitrogens with zero attached hydrogens (tertiary/aromatic N) is 2. The topological polar surface area (TPSA) is 104 Å². The number of amides is 4. The van der Waals surface area contributed by atoms with Crippen molar-refractivity contribution in [1.82, 2.24) is 4.90 Å². The number of alkyl halides is 8. The lowest BCUT2D eigenvalue weighted by molar-refractivity contribution is -0.143. The Morgan fingerprint density at radius 1 is 0.917 bits per heavy atom. The number of aromatic hydroxyl groups is 1. The number of methoxy groups -OCH3 is 1. The highest BCUT2D eigenvalue weighted by atomic mass is 35.5. The van der Waals surface area contributed by atoms with Crippen molar-refractivity contribution < 1.29 is 55.4 Å². The van der Waals surface area contributed by atoms with Crippen molar-refractivity contribution in [2.75, 3.05) is 19.1 Å². The third kappa shape index (κ3) is 4.81. The average molecular weight is 717 g/mol. The Kier molecular flexibility index (Phi) is 7.75. The Bertz CT molecular complexity index is 1810. The van der Waals surface area contributed by atoms with Crippen molar-refractivity contribution in [3.05, 3.63) is 70.8 Å². The van der Waals surface area contributed by atoms with Crippen molar-refractivity contribution in [3.63, 3.8) is 0 Å². The molecule has 4 amide bonds. The zero-order valence-corrected chi connectivity index (χ0v) is 26.3. The molecule has 2 heterocycles. The number of likely N-dealkylation sites (tertiary alicyclic amines) is 1. The van der Waals surface area contributed by atoms with Crippen LogP contribution in [-0.2, 0) is 31.5 Å². The fraction of sp³-hybridized carbons (Fsp3) is 0.375. The van der Waals surface area contributed by atoms with Crippen LogP contribution in [0.15, 0.2) is 54.1 Å². The van der Waals surface area contributed by atoms with Crippen LogP contribution >= 0.6 is 23.2 Å². The first-order valence-electron chi connectivity index (χ1n) is 14.4. The average Bonchev–Trinajstić information content (AvgIpc) is 3.35. The van der Waals surface area contributed by atoms with E-state index in [1.54, 1.807) is 6.08 Å². The number of phenols is 1. The fourth-order valence-electron chi connectivity index (χ4n) is 7.32. The molecule has 0 aromatic heterocycles. The van der Waals surface area contributed by atoms with Gasteiger partial charge >= 0.3 is 12.4 Å². The molecule has 1 N–H and O–H groups in total. The summed E-state index contributed by atoms with van der Waals surface area (Å²) in [6.07, 6.45) is -6.50. The van der Waals surface area contributed by atoms with Crippen molar-refractivity contribution in [1.29, 1.82) is 0 Å². The molecule has 2 aromatic carbocycles. The highest BCUT2D eigenvalue weighted by molar-refractivity contribution is 6.53. The van der Waals surface area contributed by atoms with Gasteiger partial charge in [0.25, 0.3) is 11.8 Å². The number of hydrogen-bond donors (Lipinski definition) is 1. The zero-order valence-electron chi connectivity index (χ0n) is 24.8. The molecule has 0 unspecified atom stereocenters. The predicted octanol–water partition coefficient (Wildman–Crippen LogP) is 6.18. The van der Waals surface area contributed by atoms with Crippen LogP contribution in [-0.4, -0.2) is 57.5 Å². The van der Waals surface area contributed by atoms with Gasteiger partial charge in [-0.3, -0.25) is 24.1 Å². The number of imide groups is 2. The molecule has 0 bridgehead atoms. The largest absolute Gasteiger partial charge is 0.504 e. The minimum Gasteiger partial charge on any atom is -0.504 e. The second-order valence-corrected chi connectivity index (χ2v) is 13.4. The van der Waals surface area contributed by atoms with Crippen LogP contribution in [0.4, 0.5) is 32.0 Å². The number of benzene rings is 2. The number of rotatable bonds is 4. The normalized spacial score (nSPS) is 30.5. The van der Waals surface area contributed by atoms with Gasteiger partial charge in [-0.25, -0.2) is 4.90 Å². The van der Waals surface area contributed by atoms with E-state index in [4.69, 9.17) is 27.9 Å². The Balaban J connectivity index is 1.46. The van der Waals surface area contributed by atoms with Crippen LogP contribution < -0.4 is 9.64 Å². The Morgan fingerprint density at radius 3 is 2.12 bits per heavy atom. The molecule has 48 heavy (non-hydrogen) atoms. The van der Waals surface area contributed by atoms with Crippen LogP contribution in [0.3, 0.4) is 0 Å². The molecule has 2 aliphatic heterocycles. The second kappa shape index (κ2) is 11.0. The van der Waals surface area contributed by atoms with Crippen LogP contribution in [0.2, 0.25) is 0 Å². The number of carbonyl (C=O) groups excluding carboxylic acids is 4. The van der Waals surface area contributed by atoms with E-state index in [1.807, 2.05) is 0 Å². The SMILES string of the molecule is COc1cc(C=C[C@H]2C3=CC[C@@H]4C(=O)N(c5cc(C(F)(F)F)cc(C(F)(F)F)c5)C(=O)[C@@H]4[C@@H]3C[C@@]3(Cl)C(=O)N(C)C(=O)[C@@]23Cl)ccc1O. The first kappa shape index (κ1) is 33.8. The molecular weight excluding hydrogens is 693 g/mol. The van der Waals surface area contributed by atoms with Gasteiger partial charge in [-0.05, 0) is 54.7 Å². The number of fused-ring (bicyclic) bond motifs is 4. The molecular formula is C32H24Cl2F6N2O6. The Labute approximate surface area is 278 Å². The lowest BCUT2D eigenvalue weighted by atomic mass is 9.57. The molecule has 0 spiro atoms. The van der Waals surface area contributed by atoms with E-state index < -0.39 is 92.6 Å². The number of carbonyl (C=O) groups is 4. The van der Waals surface area contributed by atoms with Gasteiger partial charge in [-0.1, -0.05) is 29.9 Å². The van der Waals surface area contributed by atoms with Crippen molar-refractivity contribution >= 4 is 58.6 Å². The smallest absolute Gasteiger partial charge is 0.416 e. The van der Waals surface area contributed by atoms with Gasteiger partial charge in [-0.15, -0.1) is 23.2 Å². The summed E-state index contributed by atoms with van der Waals surface area (Å²) in [4.78, 5) is 51.6. The summed E-state index contributed by atoms with van der Waals surface area (Å²) in [7, 11) is 2.51. The van der Waals surface area contributed by atoms with Crippen molar-refractivity contribution in [2.45, 2.75) is 34.9 Å². The van der Waals surface area contributed by atoms with E-state index in [2.05, 4.69) is 0 Å². The number of phenolic OH excluding ortho intramolecular Hbond substituents is 1. The zero-order chi connectivity index (χ0) is 35.3. The quantitative estimate of drug-likeness (QED) is 0.176. The Hall–Kier alpha value is -4.04. The maximum atomic E-state index is 14.0. The fourth-order valence-corrected chi connectivity index (χ4v) is 8.29. The van der Waals surface area contributed by atoms with Gasteiger partial charge in [0, 0.05) is 13.0 Å². The number of ether oxygens (including phenoxy) is 1. The maximum Gasteiger partial charge on any atom is 0.416 e. The lowest BCUT2D eigenvalue weighted by Gasteiger charge is -2.49. The summed E-state index contributed by atoms with van der Waals surface area (Å²) in [5.74, 6) is -8.63.